The van der Waals surface area contributed by atoms with Crippen LogP contribution in [0.3, 0.4) is 0 Å². The molecule has 4 heteroatoms. The van der Waals surface area contributed by atoms with Crippen LogP contribution in [0.2, 0.25) is 0 Å². The van der Waals surface area contributed by atoms with Crippen LogP contribution in [-0.4, -0.2) is 21.8 Å². The summed E-state index contributed by atoms with van der Waals surface area (Å²) >= 11 is 0. The third kappa shape index (κ3) is 2.58. The number of fused-ring (bicyclic) bond motifs is 1. The first-order valence-corrected chi connectivity index (χ1v) is 7.47. The van der Waals surface area contributed by atoms with E-state index in [1.165, 1.54) is 11.8 Å². The summed E-state index contributed by atoms with van der Waals surface area (Å²) in [6.45, 7) is 4.10. The molecule has 21 heavy (non-hydrogen) atoms. The van der Waals surface area contributed by atoms with Gasteiger partial charge in [0.25, 0.3) is 5.91 Å². The smallest absolute Gasteiger partial charge is 0.257 e. The van der Waals surface area contributed by atoms with E-state index in [4.69, 9.17) is 4.42 Å². The van der Waals surface area contributed by atoms with Gasteiger partial charge in [-0.3, -0.25) is 9.78 Å². The second-order valence-corrected chi connectivity index (χ2v) is 5.77. The summed E-state index contributed by atoms with van der Waals surface area (Å²) in [5.74, 6) is 0.0160. The SMILES string of the molecule is CC(C)N(C(=O)c1ccoc1)C1CCCc2cccnc21. The van der Waals surface area contributed by atoms with Crippen LogP contribution in [0, 0.1) is 0 Å². The van der Waals surface area contributed by atoms with E-state index in [9.17, 15) is 4.79 Å². The van der Waals surface area contributed by atoms with Gasteiger partial charge in [0.1, 0.15) is 6.26 Å². The summed E-state index contributed by atoms with van der Waals surface area (Å²) in [6, 6.07) is 5.98. The predicted molar refractivity (Wildman–Crippen MR) is 79.9 cm³/mol. The maximum Gasteiger partial charge on any atom is 0.257 e. The lowest BCUT2D eigenvalue weighted by molar-refractivity contribution is 0.0575. The molecule has 0 N–H and O–H groups in total. The van der Waals surface area contributed by atoms with Crippen molar-refractivity contribution in [3.05, 3.63) is 53.7 Å². The van der Waals surface area contributed by atoms with Crippen molar-refractivity contribution in [2.24, 2.45) is 0 Å². The molecule has 4 nitrogen and oxygen atoms in total. The Kier molecular flexibility index (Phi) is 3.78. The van der Waals surface area contributed by atoms with E-state index < -0.39 is 0 Å². The number of aromatic nitrogens is 1. The summed E-state index contributed by atoms with van der Waals surface area (Å²) < 4.78 is 5.06. The second kappa shape index (κ2) is 5.72. The molecule has 0 spiro atoms. The Morgan fingerprint density at radius 3 is 3.00 bits per heavy atom. The minimum atomic E-state index is 0.0160. The van der Waals surface area contributed by atoms with Crippen LogP contribution in [-0.2, 0) is 6.42 Å². The Morgan fingerprint density at radius 1 is 1.43 bits per heavy atom. The van der Waals surface area contributed by atoms with Crippen molar-refractivity contribution >= 4 is 5.91 Å². The zero-order valence-corrected chi connectivity index (χ0v) is 12.5. The van der Waals surface area contributed by atoms with E-state index in [2.05, 4.69) is 24.9 Å². The van der Waals surface area contributed by atoms with Crippen LogP contribution >= 0.6 is 0 Å². The maximum atomic E-state index is 12.8. The van der Waals surface area contributed by atoms with Gasteiger partial charge in [-0.25, -0.2) is 0 Å². The lowest BCUT2D eigenvalue weighted by Gasteiger charge is -2.37. The largest absolute Gasteiger partial charge is 0.472 e. The van der Waals surface area contributed by atoms with Crippen molar-refractivity contribution in [3.8, 4) is 0 Å². The zero-order valence-electron chi connectivity index (χ0n) is 12.5. The highest BCUT2D eigenvalue weighted by Crippen LogP contribution is 2.34. The summed E-state index contributed by atoms with van der Waals surface area (Å²) in [7, 11) is 0. The van der Waals surface area contributed by atoms with Crippen molar-refractivity contribution in [2.45, 2.75) is 45.2 Å². The number of aryl methyl sites for hydroxylation is 1. The van der Waals surface area contributed by atoms with Crippen molar-refractivity contribution in [1.82, 2.24) is 9.88 Å². The van der Waals surface area contributed by atoms with Gasteiger partial charge in [0.15, 0.2) is 0 Å². The highest BCUT2D eigenvalue weighted by atomic mass is 16.3. The van der Waals surface area contributed by atoms with Crippen molar-refractivity contribution in [2.75, 3.05) is 0 Å². The fraction of sp³-hybridized carbons (Fsp3) is 0.412. The third-order valence-corrected chi connectivity index (χ3v) is 4.06. The Balaban J connectivity index is 1.98. The quantitative estimate of drug-likeness (QED) is 0.865. The molecule has 1 aliphatic carbocycles. The van der Waals surface area contributed by atoms with Gasteiger partial charge in [0.2, 0.25) is 0 Å². The monoisotopic (exact) mass is 284 g/mol. The average Bonchev–Trinajstić information content (AvgIpc) is 3.01. The molecular weight excluding hydrogens is 264 g/mol. The number of nitrogens with zero attached hydrogens (tertiary/aromatic N) is 2. The summed E-state index contributed by atoms with van der Waals surface area (Å²) in [5.41, 5.74) is 2.92. The molecule has 0 radical (unpaired) electrons. The summed E-state index contributed by atoms with van der Waals surface area (Å²) in [5, 5.41) is 0. The van der Waals surface area contributed by atoms with Crippen molar-refractivity contribution in [3.63, 3.8) is 0 Å². The fourth-order valence-corrected chi connectivity index (χ4v) is 3.13. The van der Waals surface area contributed by atoms with Crippen LogP contribution in [0.15, 0.2) is 41.3 Å². The second-order valence-electron chi connectivity index (χ2n) is 5.77. The molecule has 1 atom stereocenters. The lowest BCUT2D eigenvalue weighted by atomic mass is 9.90. The van der Waals surface area contributed by atoms with E-state index in [0.717, 1.165) is 25.0 Å². The number of hydrogen-bond acceptors (Lipinski definition) is 3. The Labute approximate surface area is 124 Å². The normalized spacial score (nSPS) is 17.6. The maximum absolute atomic E-state index is 12.8. The number of carbonyl (C=O) groups excluding carboxylic acids is 1. The molecule has 3 rings (SSSR count). The van der Waals surface area contributed by atoms with Crippen LogP contribution < -0.4 is 0 Å². The molecule has 2 aromatic heterocycles. The standard InChI is InChI=1S/C17H20N2O2/c1-12(2)19(17(20)14-8-10-21-11-14)15-7-3-5-13-6-4-9-18-16(13)15/h4,6,8-12,15H,3,5,7H2,1-2H3. The highest BCUT2D eigenvalue weighted by Gasteiger charge is 2.32. The number of hydrogen-bond donors (Lipinski definition) is 0. The predicted octanol–water partition coefficient (Wildman–Crippen LogP) is 3.60. The van der Waals surface area contributed by atoms with E-state index in [-0.39, 0.29) is 18.0 Å². The highest BCUT2D eigenvalue weighted by molar-refractivity contribution is 5.94. The fourth-order valence-electron chi connectivity index (χ4n) is 3.13. The molecule has 0 saturated heterocycles. The van der Waals surface area contributed by atoms with Crippen molar-refractivity contribution < 1.29 is 9.21 Å². The number of amides is 1. The molecule has 1 amide bonds. The van der Waals surface area contributed by atoms with Crippen LogP contribution in [0.25, 0.3) is 0 Å². The average molecular weight is 284 g/mol. The van der Waals surface area contributed by atoms with Gasteiger partial charge in [0, 0.05) is 12.2 Å². The van der Waals surface area contributed by atoms with Gasteiger partial charge in [-0.05, 0) is 50.8 Å². The van der Waals surface area contributed by atoms with E-state index in [1.807, 2.05) is 17.2 Å². The van der Waals surface area contributed by atoms with Crippen LogP contribution in [0.5, 0.6) is 0 Å². The third-order valence-electron chi connectivity index (χ3n) is 4.06. The topological polar surface area (TPSA) is 46.3 Å². The number of rotatable bonds is 3. The first kappa shape index (κ1) is 13.9. The molecule has 1 aliphatic rings. The Hall–Kier alpha value is -2.10. The van der Waals surface area contributed by atoms with E-state index in [1.54, 1.807) is 12.3 Å². The molecule has 0 aromatic carbocycles. The number of carbonyl (C=O) groups is 1. The number of pyridine rings is 1. The molecule has 0 fully saturated rings. The lowest BCUT2D eigenvalue weighted by Crippen LogP contribution is -2.41. The summed E-state index contributed by atoms with van der Waals surface area (Å²) in [4.78, 5) is 19.3. The first-order valence-electron chi connectivity index (χ1n) is 7.47. The Bertz CT molecular complexity index is 619. The molecule has 0 aliphatic heterocycles. The van der Waals surface area contributed by atoms with Gasteiger partial charge >= 0.3 is 0 Å². The van der Waals surface area contributed by atoms with Crippen LogP contribution in [0.4, 0.5) is 0 Å². The molecule has 110 valence electrons. The van der Waals surface area contributed by atoms with Gasteiger partial charge in [-0.15, -0.1) is 0 Å². The van der Waals surface area contributed by atoms with Gasteiger partial charge in [0.05, 0.1) is 23.6 Å². The van der Waals surface area contributed by atoms with Crippen LogP contribution in [0.1, 0.15) is 54.3 Å². The van der Waals surface area contributed by atoms with E-state index >= 15 is 0 Å². The minimum absolute atomic E-state index is 0.0160. The van der Waals surface area contributed by atoms with Gasteiger partial charge < -0.3 is 9.32 Å². The minimum Gasteiger partial charge on any atom is -0.472 e. The van der Waals surface area contributed by atoms with Crippen molar-refractivity contribution in [1.29, 1.82) is 0 Å². The Morgan fingerprint density at radius 2 is 2.29 bits per heavy atom. The molecule has 2 aromatic rings. The van der Waals surface area contributed by atoms with Gasteiger partial charge in [-0.2, -0.15) is 0 Å². The molecule has 1 unspecified atom stereocenters. The van der Waals surface area contributed by atoms with E-state index in [0.29, 0.717) is 5.56 Å². The number of furan rings is 1. The van der Waals surface area contributed by atoms with Gasteiger partial charge in [-0.1, -0.05) is 6.07 Å². The molecular formula is C17H20N2O2. The molecule has 0 saturated carbocycles. The zero-order chi connectivity index (χ0) is 14.8. The summed E-state index contributed by atoms with van der Waals surface area (Å²) in [6.07, 6.45) is 7.97. The molecule has 2 heterocycles. The molecule has 0 bridgehead atoms. The first-order chi connectivity index (χ1) is 10.2.